The number of piperidine rings is 1. The molecule has 3 unspecified atom stereocenters. The lowest BCUT2D eigenvalue weighted by Gasteiger charge is -2.45. The van der Waals surface area contributed by atoms with Gasteiger partial charge in [-0.15, -0.1) is 0 Å². The van der Waals surface area contributed by atoms with Gasteiger partial charge in [0.15, 0.2) is 0 Å². The number of likely N-dealkylation sites (tertiary alicyclic amines) is 1. The Bertz CT molecular complexity index is 268. The standard InChI is InChI=1S/C16H31N/c1-15(2,3)14-8-7-12-11-17(16(4,5)6)10-9-13(12)14/h12-14H,7-11H2,1-6H3. The molecule has 0 aromatic heterocycles. The molecule has 0 bridgehead atoms. The molecule has 1 aliphatic heterocycles. The molecule has 0 aromatic carbocycles. The highest BCUT2D eigenvalue weighted by Gasteiger charge is 2.45. The summed E-state index contributed by atoms with van der Waals surface area (Å²) in [6.45, 7) is 17.1. The van der Waals surface area contributed by atoms with Crippen molar-refractivity contribution in [2.24, 2.45) is 23.2 Å². The molecule has 1 saturated carbocycles. The largest absolute Gasteiger partial charge is 0.298 e. The van der Waals surface area contributed by atoms with Crippen LogP contribution in [0.2, 0.25) is 0 Å². The molecule has 3 atom stereocenters. The fourth-order valence-corrected chi connectivity index (χ4v) is 4.18. The Labute approximate surface area is 108 Å². The third kappa shape index (κ3) is 2.70. The van der Waals surface area contributed by atoms with Crippen LogP contribution in [0.15, 0.2) is 0 Å². The van der Waals surface area contributed by atoms with Crippen LogP contribution in [0.1, 0.15) is 60.8 Å². The molecule has 17 heavy (non-hydrogen) atoms. The van der Waals surface area contributed by atoms with Crippen molar-refractivity contribution in [1.82, 2.24) is 4.90 Å². The molecule has 0 amide bonds. The number of hydrogen-bond donors (Lipinski definition) is 0. The van der Waals surface area contributed by atoms with Crippen LogP contribution in [-0.4, -0.2) is 23.5 Å². The lowest BCUT2D eigenvalue weighted by Crippen LogP contribution is -2.50. The first-order chi connectivity index (χ1) is 7.69. The summed E-state index contributed by atoms with van der Waals surface area (Å²) in [7, 11) is 0. The Morgan fingerprint density at radius 1 is 0.882 bits per heavy atom. The second kappa shape index (κ2) is 4.26. The summed E-state index contributed by atoms with van der Waals surface area (Å²) in [5.41, 5.74) is 0.883. The lowest BCUT2D eigenvalue weighted by molar-refractivity contribution is 0.0318. The van der Waals surface area contributed by atoms with Gasteiger partial charge in [0.1, 0.15) is 0 Å². The Morgan fingerprint density at radius 3 is 2.06 bits per heavy atom. The molecule has 1 aliphatic carbocycles. The van der Waals surface area contributed by atoms with Crippen molar-refractivity contribution >= 4 is 0 Å². The number of hydrogen-bond acceptors (Lipinski definition) is 1. The zero-order valence-corrected chi connectivity index (χ0v) is 12.7. The van der Waals surface area contributed by atoms with E-state index in [1.54, 1.807) is 0 Å². The molecule has 0 N–H and O–H groups in total. The van der Waals surface area contributed by atoms with Crippen molar-refractivity contribution in [3.63, 3.8) is 0 Å². The molecule has 0 radical (unpaired) electrons. The summed E-state index contributed by atoms with van der Waals surface area (Å²) in [4.78, 5) is 2.71. The van der Waals surface area contributed by atoms with Crippen LogP contribution in [0.5, 0.6) is 0 Å². The quantitative estimate of drug-likeness (QED) is 0.611. The highest BCUT2D eigenvalue weighted by molar-refractivity contribution is 4.96. The van der Waals surface area contributed by atoms with Gasteiger partial charge in [-0.1, -0.05) is 20.8 Å². The summed E-state index contributed by atoms with van der Waals surface area (Å²) in [5.74, 6) is 2.95. The first-order valence-electron chi connectivity index (χ1n) is 7.44. The Kier molecular flexibility index (Phi) is 3.36. The van der Waals surface area contributed by atoms with E-state index < -0.39 is 0 Å². The predicted octanol–water partition coefficient (Wildman–Crippen LogP) is 4.18. The van der Waals surface area contributed by atoms with Crippen LogP contribution >= 0.6 is 0 Å². The van der Waals surface area contributed by atoms with Crippen LogP contribution in [0.25, 0.3) is 0 Å². The van der Waals surface area contributed by atoms with Gasteiger partial charge in [0.2, 0.25) is 0 Å². The Balaban J connectivity index is 2.03. The maximum Gasteiger partial charge on any atom is 0.0125 e. The Morgan fingerprint density at radius 2 is 1.53 bits per heavy atom. The van der Waals surface area contributed by atoms with Crippen LogP contribution < -0.4 is 0 Å². The second-order valence-electron chi connectivity index (χ2n) is 8.38. The summed E-state index contributed by atoms with van der Waals surface area (Å²) >= 11 is 0. The van der Waals surface area contributed by atoms with Gasteiger partial charge < -0.3 is 0 Å². The summed E-state index contributed by atoms with van der Waals surface area (Å²) < 4.78 is 0. The lowest BCUT2D eigenvalue weighted by atomic mass is 9.71. The van der Waals surface area contributed by atoms with Gasteiger partial charge in [0.05, 0.1) is 0 Å². The van der Waals surface area contributed by atoms with Crippen LogP contribution in [0.4, 0.5) is 0 Å². The molecule has 0 aromatic rings. The van der Waals surface area contributed by atoms with E-state index >= 15 is 0 Å². The highest BCUT2D eigenvalue weighted by atomic mass is 15.2. The average Bonchev–Trinajstić information content (AvgIpc) is 2.57. The van der Waals surface area contributed by atoms with E-state index in [9.17, 15) is 0 Å². The molecule has 1 heterocycles. The van der Waals surface area contributed by atoms with E-state index in [0.717, 1.165) is 17.8 Å². The van der Waals surface area contributed by atoms with Gasteiger partial charge in [0.25, 0.3) is 0 Å². The van der Waals surface area contributed by atoms with E-state index in [4.69, 9.17) is 0 Å². The maximum atomic E-state index is 2.71. The SMILES string of the molecule is CC(C)(C)C1CCC2CN(C(C)(C)C)CCC21. The minimum absolute atomic E-state index is 0.366. The molecule has 1 heteroatoms. The van der Waals surface area contributed by atoms with Gasteiger partial charge in [-0.2, -0.15) is 0 Å². The highest BCUT2D eigenvalue weighted by Crippen LogP contribution is 2.50. The van der Waals surface area contributed by atoms with Crippen molar-refractivity contribution in [2.45, 2.75) is 66.3 Å². The first kappa shape index (κ1) is 13.4. The van der Waals surface area contributed by atoms with Gasteiger partial charge in [-0.3, -0.25) is 4.90 Å². The molecule has 100 valence electrons. The van der Waals surface area contributed by atoms with Crippen molar-refractivity contribution < 1.29 is 0 Å². The summed E-state index contributed by atoms with van der Waals surface area (Å²) in [5, 5.41) is 0. The van der Waals surface area contributed by atoms with Crippen molar-refractivity contribution in [3.8, 4) is 0 Å². The van der Waals surface area contributed by atoms with E-state index in [2.05, 4.69) is 46.4 Å². The van der Waals surface area contributed by atoms with Gasteiger partial charge >= 0.3 is 0 Å². The van der Waals surface area contributed by atoms with Gasteiger partial charge in [0, 0.05) is 12.1 Å². The second-order valence-corrected chi connectivity index (χ2v) is 8.38. The smallest absolute Gasteiger partial charge is 0.0125 e. The van der Waals surface area contributed by atoms with E-state index in [-0.39, 0.29) is 0 Å². The molecule has 1 saturated heterocycles. The minimum Gasteiger partial charge on any atom is -0.298 e. The number of fused-ring (bicyclic) bond motifs is 1. The molecular weight excluding hydrogens is 206 g/mol. The van der Waals surface area contributed by atoms with Crippen LogP contribution in [-0.2, 0) is 0 Å². The van der Waals surface area contributed by atoms with E-state index in [0.29, 0.717) is 11.0 Å². The predicted molar refractivity (Wildman–Crippen MR) is 75.1 cm³/mol. The van der Waals surface area contributed by atoms with Gasteiger partial charge in [-0.05, 0) is 69.7 Å². The molecule has 2 fully saturated rings. The fraction of sp³-hybridized carbons (Fsp3) is 1.00. The number of nitrogens with zero attached hydrogens (tertiary/aromatic N) is 1. The van der Waals surface area contributed by atoms with Crippen LogP contribution in [0, 0.1) is 23.2 Å². The third-order valence-electron chi connectivity index (χ3n) is 5.22. The molecule has 2 rings (SSSR count). The van der Waals surface area contributed by atoms with Gasteiger partial charge in [-0.25, -0.2) is 0 Å². The molecular formula is C16H31N. The van der Waals surface area contributed by atoms with E-state index in [1.165, 1.54) is 32.4 Å². The topological polar surface area (TPSA) is 3.24 Å². The summed E-state index contributed by atoms with van der Waals surface area (Å²) in [6.07, 6.45) is 4.37. The molecule has 2 aliphatic rings. The normalized spacial score (nSPS) is 36.0. The zero-order valence-electron chi connectivity index (χ0n) is 12.7. The van der Waals surface area contributed by atoms with Crippen molar-refractivity contribution in [1.29, 1.82) is 0 Å². The molecule has 0 spiro atoms. The Hall–Kier alpha value is -0.0400. The van der Waals surface area contributed by atoms with Crippen molar-refractivity contribution in [3.05, 3.63) is 0 Å². The minimum atomic E-state index is 0.366. The summed E-state index contributed by atoms with van der Waals surface area (Å²) in [6, 6.07) is 0. The van der Waals surface area contributed by atoms with E-state index in [1.807, 2.05) is 0 Å². The van der Waals surface area contributed by atoms with Crippen molar-refractivity contribution in [2.75, 3.05) is 13.1 Å². The van der Waals surface area contributed by atoms with Crippen LogP contribution in [0.3, 0.4) is 0 Å². The maximum absolute atomic E-state index is 2.71. The average molecular weight is 237 g/mol. The monoisotopic (exact) mass is 237 g/mol. The fourth-order valence-electron chi connectivity index (χ4n) is 4.18. The number of rotatable bonds is 0. The third-order valence-corrected chi connectivity index (χ3v) is 5.22. The molecule has 1 nitrogen and oxygen atoms in total. The zero-order chi connectivity index (χ0) is 12.8. The first-order valence-corrected chi connectivity index (χ1v) is 7.44.